The number of benzene rings is 1. The van der Waals surface area contributed by atoms with Crippen molar-refractivity contribution in [1.29, 1.82) is 0 Å². The van der Waals surface area contributed by atoms with Crippen molar-refractivity contribution < 1.29 is 13.2 Å². The molecule has 0 unspecified atom stereocenters. The molecule has 158 valence electrons. The number of hydrogen-bond donors (Lipinski definition) is 2. The second-order valence-corrected chi connectivity index (χ2v) is 9.59. The Morgan fingerprint density at radius 3 is 2.50 bits per heavy atom. The van der Waals surface area contributed by atoms with Gasteiger partial charge in [0.2, 0.25) is 10.0 Å². The van der Waals surface area contributed by atoms with Gasteiger partial charge in [0.05, 0.1) is 6.26 Å². The highest BCUT2D eigenvalue weighted by Gasteiger charge is 2.21. The summed E-state index contributed by atoms with van der Waals surface area (Å²) >= 11 is 14.1. The van der Waals surface area contributed by atoms with E-state index in [4.69, 9.17) is 23.2 Å². The van der Waals surface area contributed by atoms with E-state index in [9.17, 15) is 13.2 Å². The van der Waals surface area contributed by atoms with Gasteiger partial charge in [-0.3, -0.25) is 4.79 Å². The molecule has 0 spiro atoms. The monoisotopic (exact) mass is 485 g/mol. The third kappa shape index (κ3) is 5.38. The van der Waals surface area contributed by atoms with Crippen LogP contribution < -0.4 is 10.0 Å². The van der Waals surface area contributed by atoms with Crippen LogP contribution >= 0.6 is 35.0 Å². The minimum Gasteiger partial charge on any atom is -0.349 e. The SMILES string of the molecule is CSc1ncc2cc(-c3c(Cl)cccc3Cl)c(C(=O)NCCNS(C)(=O)=O)nc2n1. The van der Waals surface area contributed by atoms with Crippen molar-refractivity contribution in [3.63, 3.8) is 0 Å². The molecular weight excluding hydrogens is 469 g/mol. The molecule has 1 aromatic carbocycles. The number of halogens is 2. The zero-order chi connectivity index (χ0) is 21.9. The van der Waals surface area contributed by atoms with Crippen LogP contribution in [0, 0.1) is 0 Å². The predicted octanol–water partition coefficient (Wildman–Crippen LogP) is 3.00. The summed E-state index contributed by atoms with van der Waals surface area (Å²) < 4.78 is 24.7. The standard InChI is InChI=1S/C18H17Cl2N5O3S2/c1-29-18-22-9-10-8-11(14-12(19)4-3-5-13(14)20)15(24-16(10)25-18)17(26)21-6-7-23-30(2,27)28/h3-5,8-9,23H,6-7H2,1-2H3,(H,21,26). The lowest BCUT2D eigenvalue weighted by Gasteiger charge is -2.13. The number of thioether (sulfide) groups is 1. The van der Waals surface area contributed by atoms with E-state index in [1.165, 1.54) is 11.8 Å². The van der Waals surface area contributed by atoms with Gasteiger partial charge < -0.3 is 5.32 Å². The van der Waals surface area contributed by atoms with Gasteiger partial charge in [0.15, 0.2) is 10.8 Å². The van der Waals surface area contributed by atoms with Gasteiger partial charge in [-0.15, -0.1) is 0 Å². The van der Waals surface area contributed by atoms with Crippen molar-refractivity contribution >= 4 is 61.9 Å². The number of pyridine rings is 1. The Hall–Kier alpha value is -1.98. The third-order valence-electron chi connectivity index (χ3n) is 3.95. The van der Waals surface area contributed by atoms with Crippen molar-refractivity contribution in [2.45, 2.75) is 5.16 Å². The number of rotatable bonds is 7. The Bertz CT molecular complexity index is 1200. The van der Waals surface area contributed by atoms with Crippen LogP contribution in [0.5, 0.6) is 0 Å². The summed E-state index contributed by atoms with van der Waals surface area (Å²) in [4.78, 5) is 25.9. The largest absolute Gasteiger partial charge is 0.349 e. The van der Waals surface area contributed by atoms with E-state index in [-0.39, 0.29) is 18.8 Å². The molecule has 0 aliphatic heterocycles. The zero-order valence-electron chi connectivity index (χ0n) is 15.9. The van der Waals surface area contributed by atoms with Crippen LogP contribution in [0.1, 0.15) is 10.5 Å². The van der Waals surface area contributed by atoms with Gasteiger partial charge >= 0.3 is 0 Å². The topological polar surface area (TPSA) is 114 Å². The highest BCUT2D eigenvalue weighted by atomic mass is 35.5. The molecule has 0 bridgehead atoms. The summed E-state index contributed by atoms with van der Waals surface area (Å²) in [7, 11) is -3.36. The molecule has 3 aromatic rings. The van der Waals surface area contributed by atoms with Crippen LogP contribution in [0.4, 0.5) is 0 Å². The maximum atomic E-state index is 12.9. The number of sulfonamides is 1. The molecule has 8 nitrogen and oxygen atoms in total. The number of carbonyl (C=O) groups is 1. The smallest absolute Gasteiger partial charge is 0.270 e. The predicted molar refractivity (Wildman–Crippen MR) is 120 cm³/mol. The van der Waals surface area contributed by atoms with Crippen LogP contribution in [0.2, 0.25) is 10.0 Å². The Balaban J connectivity index is 2.06. The van der Waals surface area contributed by atoms with Crippen LogP contribution in [-0.4, -0.2) is 54.9 Å². The molecule has 2 heterocycles. The molecule has 0 saturated carbocycles. The second-order valence-electron chi connectivity index (χ2n) is 6.17. The lowest BCUT2D eigenvalue weighted by atomic mass is 10.0. The molecule has 12 heteroatoms. The number of carbonyl (C=O) groups excluding carboxylic acids is 1. The van der Waals surface area contributed by atoms with Crippen LogP contribution in [0.3, 0.4) is 0 Å². The lowest BCUT2D eigenvalue weighted by Crippen LogP contribution is -2.34. The van der Waals surface area contributed by atoms with Gasteiger partial charge in [0.1, 0.15) is 5.69 Å². The molecule has 0 saturated heterocycles. The fourth-order valence-electron chi connectivity index (χ4n) is 2.66. The lowest BCUT2D eigenvalue weighted by molar-refractivity contribution is 0.0950. The number of fused-ring (bicyclic) bond motifs is 1. The maximum absolute atomic E-state index is 12.9. The molecule has 2 N–H and O–H groups in total. The Labute approximate surface area is 187 Å². The number of amides is 1. The van der Waals surface area contributed by atoms with Crippen molar-refractivity contribution in [3.05, 3.63) is 46.2 Å². The normalized spacial score (nSPS) is 11.6. The van der Waals surface area contributed by atoms with Gasteiger partial charge in [-0.1, -0.05) is 41.0 Å². The molecule has 0 radical (unpaired) electrons. The first kappa shape index (κ1) is 22.7. The molecule has 0 aliphatic rings. The van der Waals surface area contributed by atoms with Crippen molar-refractivity contribution in [2.75, 3.05) is 25.6 Å². The fourth-order valence-corrected chi connectivity index (χ4v) is 4.07. The summed E-state index contributed by atoms with van der Waals surface area (Å²) in [5, 5.41) is 4.50. The minimum absolute atomic E-state index is 0.0408. The van der Waals surface area contributed by atoms with Gasteiger partial charge in [-0.2, -0.15) is 0 Å². The molecule has 0 fully saturated rings. The number of hydrogen-bond acceptors (Lipinski definition) is 7. The highest BCUT2D eigenvalue weighted by molar-refractivity contribution is 7.98. The van der Waals surface area contributed by atoms with Crippen molar-refractivity contribution in [3.8, 4) is 11.1 Å². The van der Waals surface area contributed by atoms with Crippen molar-refractivity contribution in [2.24, 2.45) is 0 Å². The zero-order valence-corrected chi connectivity index (χ0v) is 19.1. The quantitative estimate of drug-likeness (QED) is 0.300. The fraction of sp³-hybridized carbons (Fsp3) is 0.222. The van der Waals surface area contributed by atoms with Crippen LogP contribution in [0.15, 0.2) is 35.6 Å². The van der Waals surface area contributed by atoms with E-state index in [1.807, 2.05) is 6.26 Å². The average Bonchev–Trinajstić information content (AvgIpc) is 2.69. The molecule has 30 heavy (non-hydrogen) atoms. The minimum atomic E-state index is -3.36. The van der Waals surface area contributed by atoms with Crippen molar-refractivity contribution in [1.82, 2.24) is 25.0 Å². The molecule has 0 aliphatic carbocycles. The third-order valence-corrected chi connectivity index (χ3v) is 5.87. The molecule has 3 rings (SSSR count). The summed E-state index contributed by atoms with van der Waals surface area (Å²) in [6, 6.07) is 6.74. The molecular formula is C18H17Cl2N5O3S2. The summed E-state index contributed by atoms with van der Waals surface area (Å²) in [6.45, 7) is 0.111. The molecule has 1 amide bonds. The summed E-state index contributed by atoms with van der Waals surface area (Å²) in [5.41, 5.74) is 1.30. The molecule has 2 aromatic heterocycles. The Morgan fingerprint density at radius 1 is 1.17 bits per heavy atom. The van der Waals surface area contributed by atoms with Gasteiger partial charge in [0, 0.05) is 45.8 Å². The van der Waals surface area contributed by atoms with E-state index in [0.29, 0.717) is 37.4 Å². The van der Waals surface area contributed by atoms with Gasteiger partial charge in [-0.05, 0) is 24.5 Å². The highest BCUT2D eigenvalue weighted by Crippen LogP contribution is 2.37. The van der Waals surface area contributed by atoms with Gasteiger partial charge in [-0.25, -0.2) is 28.1 Å². The van der Waals surface area contributed by atoms with E-state index < -0.39 is 15.9 Å². The van der Waals surface area contributed by atoms with Gasteiger partial charge in [0.25, 0.3) is 5.91 Å². The molecule has 0 atom stereocenters. The first-order valence-electron chi connectivity index (χ1n) is 8.58. The number of nitrogens with zero attached hydrogens (tertiary/aromatic N) is 3. The van der Waals surface area contributed by atoms with Crippen LogP contribution in [-0.2, 0) is 10.0 Å². The summed E-state index contributed by atoms with van der Waals surface area (Å²) in [5.74, 6) is -0.512. The second kappa shape index (κ2) is 9.44. The van der Waals surface area contributed by atoms with E-state index in [1.54, 1.807) is 30.5 Å². The maximum Gasteiger partial charge on any atom is 0.270 e. The number of aromatic nitrogens is 3. The van der Waals surface area contributed by atoms with Crippen LogP contribution in [0.25, 0.3) is 22.2 Å². The first-order chi connectivity index (χ1) is 14.2. The number of nitrogens with one attached hydrogen (secondary N) is 2. The summed E-state index contributed by atoms with van der Waals surface area (Å²) in [6.07, 6.45) is 4.49. The average molecular weight is 486 g/mol. The van der Waals surface area contributed by atoms with E-state index >= 15 is 0 Å². The Morgan fingerprint density at radius 2 is 1.87 bits per heavy atom. The Kier molecular flexibility index (Phi) is 7.14. The first-order valence-corrected chi connectivity index (χ1v) is 12.5. The van der Waals surface area contributed by atoms with E-state index in [0.717, 1.165) is 6.26 Å². The van der Waals surface area contributed by atoms with E-state index in [2.05, 4.69) is 25.0 Å².